The van der Waals surface area contributed by atoms with Gasteiger partial charge in [0, 0.05) is 17.8 Å². The molecule has 19 heavy (non-hydrogen) atoms. The van der Waals surface area contributed by atoms with E-state index in [4.69, 9.17) is 5.84 Å². The van der Waals surface area contributed by atoms with E-state index in [9.17, 15) is 8.42 Å². The fourth-order valence-corrected chi connectivity index (χ4v) is 2.74. The maximum absolute atomic E-state index is 11.7. The highest BCUT2D eigenvalue weighted by atomic mass is 32.2. The molecule has 0 bridgehead atoms. The number of hydrogen-bond donors (Lipinski definition) is 2. The van der Waals surface area contributed by atoms with Gasteiger partial charge in [-0.05, 0) is 24.6 Å². The average molecular weight is 279 g/mol. The molecule has 1 aromatic carbocycles. The zero-order valence-electron chi connectivity index (χ0n) is 10.9. The number of hydrazine groups is 1. The summed E-state index contributed by atoms with van der Waals surface area (Å²) in [5.41, 5.74) is 4.20. The van der Waals surface area contributed by atoms with Gasteiger partial charge in [0.05, 0.1) is 16.8 Å². The molecule has 2 atom stereocenters. The third-order valence-electron chi connectivity index (χ3n) is 3.30. The molecule has 6 heteroatoms. The van der Waals surface area contributed by atoms with E-state index in [1.54, 1.807) is 13.1 Å². The fourth-order valence-electron chi connectivity index (χ4n) is 2.01. The summed E-state index contributed by atoms with van der Waals surface area (Å²) < 4.78 is 23.3. The number of sulfone groups is 1. The summed E-state index contributed by atoms with van der Waals surface area (Å²) in [4.78, 5) is 4.32. The highest BCUT2D eigenvalue weighted by Gasteiger charge is 2.26. The molecule has 2 unspecified atom stereocenters. The molecule has 3 N–H and O–H groups in total. The van der Waals surface area contributed by atoms with Crippen LogP contribution < -0.4 is 11.3 Å². The van der Waals surface area contributed by atoms with Gasteiger partial charge in [-0.1, -0.05) is 18.2 Å². The molecule has 0 aliphatic heterocycles. The SMILES string of the molecule is CC(C(NN)c1cnc2ccccc2c1)S(C)(=O)=O. The Morgan fingerprint density at radius 3 is 2.63 bits per heavy atom. The number of nitrogens with zero attached hydrogens (tertiary/aromatic N) is 1. The summed E-state index contributed by atoms with van der Waals surface area (Å²) in [5.74, 6) is 5.50. The van der Waals surface area contributed by atoms with Crippen molar-refractivity contribution in [3.8, 4) is 0 Å². The van der Waals surface area contributed by atoms with Crippen molar-refractivity contribution in [3.63, 3.8) is 0 Å². The van der Waals surface area contributed by atoms with E-state index >= 15 is 0 Å². The predicted octanol–water partition coefficient (Wildman–Crippen LogP) is 1.17. The van der Waals surface area contributed by atoms with Gasteiger partial charge in [0.1, 0.15) is 0 Å². The first-order chi connectivity index (χ1) is 8.93. The van der Waals surface area contributed by atoms with E-state index in [0.717, 1.165) is 16.5 Å². The Morgan fingerprint density at radius 2 is 2.00 bits per heavy atom. The van der Waals surface area contributed by atoms with Gasteiger partial charge in [-0.25, -0.2) is 8.42 Å². The molecule has 2 aromatic rings. The van der Waals surface area contributed by atoms with Gasteiger partial charge in [0.25, 0.3) is 0 Å². The number of para-hydroxylation sites is 1. The van der Waals surface area contributed by atoms with E-state index in [2.05, 4.69) is 10.4 Å². The number of fused-ring (bicyclic) bond motifs is 1. The van der Waals surface area contributed by atoms with Crippen LogP contribution in [0, 0.1) is 0 Å². The molecule has 0 aliphatic rings. The van der Waals surface area contributed by atoms with E-state index in [1.165, 1.54) is 6.26 Å². The minimum absolute atomic E-state index is 0.480. The number of rotatable bonds is 4. The monoisotopic (exact) mass is 279 g/mol. The molecule has 0 spiro atoms. The standard InChI is InChI=1S/C13H17N3O2S/c1-9(19(2,17)18)13(16-14)11-7-10-5-3-4-6-12(10)15-8-11/h3-9,13,16H,14H2,1-2H3. The van der Waals surface area contributed by atoms with Crippen LogP contribution in [0.15, 0.2) is 36.5 Å². The molecule has 102 valence electrons. The normalized spacial score (nSPS) is 15.3. The van der Waals surface area contributed by atoms with E-state index in [-0.39, 0.29) is 0 Å². The number of nitrogens with one attached hydrogen (secondary N) is 1. The summed E-state index contributed by atoms with van der Waals surface area (Å²) in [7, 11) is -3.19. The molecule has 2 rings (SSSR count). The van der Waals surface area contributed by atoms with Crippen molar-refractivity contribution in [2.45, 2.75) is 18.2 Å². The maximum Gasteiger partial charge on any atom is 0.151 e. The Kier molecular flexibility index (Phi) is 3.84. The Labute approximate surface area is 112 Å². The number of pyridine rings is 1. The molecule has 1 aromatic heterocycles. The molecule has 0 saturated heterocycles. The van der Waals surface area contributed by atoms with Crippen LogP contribution in [0.25, 0.3) is 10.9 Å². The van der Waals surface area contributed by atoms with E-state index in [1.807, 2.05) is 30.3 Å². The first kappa shape index (κ1) is 13.9. The van der Waals surface area contributed by atoms with Gasteiger partial charge in [0.15, 0.2) is 9.84 Å². The zero-order chi connectivity index (χ0) is 14.0. The summed E-state index contributed by atoms with van der Waals surface area (Å²) in [5, 5.41) is 0.335. The largest absolute Gasteiger partial charge is 0.271 e. The fraction of sp³-hybridized carbons (Fsp3) is 0.308. The number of aromatic nitrogens is 1. The molecule has 0 amide bonds. The van der Waals surface area contributed by atoms with Crippen molar-refractivity contribution in [2.24, 2.45) is 5.84 Å². The van der Waals surface area contributed by atoms with E-state index < -0.39 is 21.1 Å². The maximum atomic E-state index is 11.7. The van der Waals surface area contributed by atoms with Gasteiger partial charge in [-0.15, -0.1) is 0 Å². The highest BCUT2D eigenvalue weighted by molar-refractivity contribution is 7.91. The molecule has 0 aliphatic carbocycles. The van der Waals surface area contributed by atoms with Crippen LogP contribution in [0.2, 0.25) is 0 Å². The summed E-state index contributed by atoms with van der Waals surface area (Å²) >= 11 is 0. The van der Waals surface area contributed by atoms with Crippen molar-refractivity contribution >= 4 is 20.7 Å². The van der Waals surface area contributed by atoms with Crippen LogP contribution in [0.3, 0.4) is 0 Å². The van der Waals surface area contributed by atoms with E-state index in [0.29, 0.717) is 0 Å². The molecule has 0 radical (unpaired) electrons. The second-order valence-electron chi connectivity index (χ2n) is 4.64. The summed E-state index contributed by atoms with van der Waals surface area (Å²) in [6.45, 7) is 1.63. The lowest BCUT2D eigenvalue weighted by atomic mass is 10.0. The third-order valence-corrected chi connectivity index (χ3v) is 4.92. The molecule has 0 saturated carbocycles. The van der Waals surface area contributed by atoms with Crippen LogP contribution >= 0.6 is 0 Å². The van der Waals surface area contributed by atoms with Gasteiger partial charge >= 0.3 is 0 Å². The first-order valence-electron chi connectivity index (χ1n) is 5.93. The lowest BCUT2D eigenvalue weighted by Crippen LogP contribution is -2.38. The Morgan fingerprint density at radius 1 is 1.32 bits per heavy atom. The van der Waals surface area contributed by atoms with Crippen LogP contribution in [-0.2, 0) is 9.84 Å². The molecule has 5 nitrogen and oxygen atoms in total. The van der Waals surface area contributed by atoms with Crippen LogP contribution in [0.4, 0.5) is 0 Å². The average Bonchev–Trinajstić information content (AvgIpc) is 2.38. The molecular formula is C13H17N3O2S. The second kappa shape index (κ2) is 5.24. The Hall–Kier alpha value is -1.50. The van der Waals surface area contributed by atoms with Crippen LogP contribution in [0.5, 0.6) is 0 Å². The first-order valence-corrected chi connectivity index (χ1v) is 7.88. The van der Waals surface area contributed by atoms with Crippen LogP contribution in [0.1, 0.15) is 18.5 Å². The lowest BCUT2D eigenvalue weighted by Gasteiger charge is -2.22. The summed E-state index contributed by atoms with van der Waals surface area (Å²) in [6.07, 6.45) is 2.87. The molecule has 0 fully saturated rings. The zero-order valence-corrected chi connectivity index (χ0v) is 11.7. The van der Waals surface area contributed by atoms with Gasteiger partial charge in [-0.3, -0.25) is 16.3 Å². The van der Waals surface area contributed by atoms with Crippen molar-refractivity contribution < 1.29 is 8.42 Å². The summed E-state index contributed by atoms with van der Waals surface area (Å²) in [6, 6.07) is 9.10. The topological polar surface area (TPSA) is 85.1 Å². The van der Waals surface area contributed by atoms with Crippen molar-refractivity contribution in [3.05, 3.63) is 42.1 Å². The van der Waals surface area contributed by atoms with Gasteiger partial charge in [0.2, 0.25) is 0 Å². The number of benzene rings is 1. The second-order valence-corrected chi connectivity index (χ2v) is 7.04. The Bertz CT molecular complexity index is 685. The van der Waals surface area contributed by atoms with Crippen LogP contribution in [-0.4, -0.2) is 24.9 Å². The molecule has 1 heterocycles. The smallest absolute Gasteiger partial charge is 0.151 e. The third kappa shape index (κ3) is 2.91. The predicted molar refractivity (Wildman–Crippen MR) is 76.1 cm³/mol. The van der Waals surface area contributed by atoms with Gasteiger partial charge < -0.3 is 0 Å². The number of hydrogen-bond acceptors (Lipinski definition) is 5. The minimum atomic E-state index is -3.19. The number of nitrogens with two attached hydrogens (primary N) is 1. The van der Waals surface area contributed by atoms with Gasteiger partial charge in [-0.2, -0.15) is 0 Å². The van der Waals surface area contributed by atoms with Crippen molar-refractivity contribution in [1.29, 1.82) is 0 Å². The minimum Gasteiger partial charge on any atom is -0.271 e. The lowest BCUT2D eigenvalue weighted by molar-refractivity contribution is 0.513. The Balaban J connectivity index is 2.46. The highest BCUT2D eigenvalue weighted by Crippen LogP contribution is 2.23. The van der Waals surface area contributed by atoms with Crippen molar-refractivity contribution in [2.75, 3.05) is 6.26 Å². The quantitative estimate of drug-likeness (QED) is 0.648. The van der Waals surface area contributed by atoms with Crippen molar-refractivity contribution in [1.82, 2.24) is 10.4 Å². The molecular weight excluding hydrogens is 262 g/mol.